The number of hydrogen-bond acceptors (Lipinski definition) is 7. The smallest absolute Gasteiger partial charge is 0.361 e. The molecule has 464 valence electrons. The van der Waals surface area contributed by atoms with Gasteiger partial charge in [-0.3, -0.25) is 9.59 Å². The number of carbonyl (C=O) groups is 3. The fraction of sp³-hybridized carbons (Fsp3) is 0.554. The molecule has 0 amide bonds. The molecule has 0 aromatic carbocycles. The van der Waals surface area contributed by atoms with E-state index in [1.54, 1.807) is 0 Å². The van der Waals surface area contributed by atoms with Crippen LogP contribution in [-0.4, -0.2) is 87.4 Å². The summed E-state index contributed by atoms with van der Waals surface area (Å²) in [6, 6.07) is 0. The Labute approximate surface area is 507 Å². The summed E-state index contributed by atoms with van der Waals surface area (Å²) in [6.45, 7) is 4.56. The summed E-state index contributed by atoms with van der Waals surface area (Å²) < 4.78 is 22.9. The molecule has 0 aromatic heterocycles. The number of carbonyl (C=O) groups excluding carboxylic acids is 2. The van der Waals surface area contributed by atoms with Gasteiger partial charge in [-0.1, -0.05) is 241 Å². The van der Waals surface area contributed by atoms with Crippen LogP contribution in [0.4, 0.5) is 0 Å². The highest BCUT2D eigenvalue weighted by Crippen LogP contribution is 2.14. The molecule has 9 heteroatoms. The average Bonchev–Trinajstić information content (AvgIpc) is 3.46. The molecule has 0 rings (SSSR count). The first-order valence-corrected chi connectivity index (χ1v) is 31.9. The zero-order valence-electron chi connectivity index (χ0n) is 52.8. The number of unbranched alkanes of at least 4 members (excludes halogenated alkanes) is 11. The number of carboxylic acids is 1. The Morgan fingerprint density at radius 1 is 0.361 bits per heavy atom. The molecule has 2 atom stereocenters. The number of rotatable bonds is 56. The van der Waals surface area contributed by atoms with Crippen LogP contribution in [0.25, 0.3) is 0 Å². The number of likely N-dealkylation sites (N-methyl/N-ethyl adjacent to an activating group) is 1. The Hall–Kier alpha value is -5.61. The summed E-state index contributed by atoms with van der Waals surface area (Å²) in [7, 11) is 5.94. The molecule has 1 N–H and O–H groups in total. The molecule has 0 aliphatic rings. The summed E-state index contributed by atoms with van der Waals surface area (Å²) in [5.41, 5.74) is 0. The van der Waals surface area contributed by atoms with Crippen LogP contribution in [0.15, 0.2) is 182 Å². The summed E-state index contributed by atoms with van der Waals surface area (Å²) in [5.74, 6) is -2.10. The van der Waals surface area contributed by atoms with Crippen LogP contribution in [0.2, 0.25) is 0 Å². The summed E-state index contributed by atoms with van der Waals surface area (Å²) >= 11 is 0. The number of hydrogen-bond donors (Lipinski definition) is 1. The van der Waals surface area contributed by atoms with E-state index < -0.39 is 24.3 Å². The molecule has 0 saturated carbocycles. The number of carboxylic acid groups (broad SMARTS) is 1. The van der Waals surface area contributed by atoms with E-state index in [0.29, 0.717) is 17.4 Å². The first kappa shape index (κ1) is 77.4. The molecule has 9 nitrogen and oxygen atoms in total. The maximum absolute atomic E-state index is 12.9. The Balaban J connectivity index is 4.34. The average molecular weight is 1150 g/mol. The first-order valence-electron chi connectivity index (χ1n) is 31.9. The molecule has 0 heterocycles. The number of aliphatic carboxylic acids is 1. The SMILES string of the molecule is CC/C=C\C/C=C\C/C=C\C/C=C\C/C=C\C/C=C\C/C=C\C/C=C\CCCCC(=O)OC(COC(=O)CCCCCCCCCCC/C=C\C/C=C\C/C=C\C/C=C\C/C=C\C/C=C\C/C=C\CC)COC(OCC[N+](C)(C)C)C(=O)O. The minimum absolute atomic E-state index is 0.167. The monoisotopic (exact) mass is 1150 g/mol. The van der Waals surface area contributed by atoms with Crippen LogP contribution < -0.4 is 0 Å². The summed E-state index contributed by atoms with van der Waals surface area (Å²) in [4.78, 5) is 37.5. The van der Waals surface area contributed by atoms with Crippen molar-refractivity contribution in [3.63, 3.8) is 0 Å². The lowest BCUT2D eigenvalue weighted by molar-refractivity contribution is -0.870. The van der Waals surface area contributed by atoms with Crippen LogP contribution in [-0.2, 0) is 33.3 Å². The number of esters is 2. The topological polar surface area (TPSA) is 108 Å². The lowest BCUT2D eigenvalue weighted by atomic mass is 10.1. The van der Waals surface area contributed by atoms with Gasteiger partial charge in [0.05, 0.1) is 34.4 Å². The van der Waals surface area contributed by atoms with E-state index in [4.69, 9.17) is 18.9 Å². The van der Waals surface area contributed by atoms with Gasteiger partial charge in [0.15, 0.2) is 6.10 Å². The van der Waals surface area contributed by atoms with E-state index in [9.17, 15) is 19.5 Å². The molecule has 0 radical (unpaired) electrons. The molecule has 0 spiro atoms. The quantitative estimate of drug-likeness (QED) is 0.0211. The zero-order valence-corrected chi connectivity index (χ0v) is 52.8. The van der Waals surface area contributed by atoms with E-state index in [1.807, 2.05) is 21.1 Å². The Morgan fingerprint density at radius 3 is 0.988 bits per heavy atom. The number of quaternary nitrogens is 1. The van der Waals surface area contributed by atoms with Crippen molar-refractivity contribution >= 4 is 17.9 Å². The van der Waals surface area contributed by atoms with Gasteiger partial charge in [-0.05, 0) is 135 Å². The van der Waals surface area contributed by atoms with Gasteiger partial charge in [0.1, 0.15) is 13.2 Å². The second-order valence-corrected chi connectivity index (χ2v) is 21.6. The highest BCUT2D eigenvalue weighted by Gasteiger charge is 2.25. The third-order valence-corrected chi connectivity index (χ3v) is 12.7. The van der Waals surface area contributed by atoms with Gasteiger partial charge >= 0.3 is 17.9 Å². The number of ether oxygens (including phenoxy) is 4. The minimum Gasteiger partial charge on any atom is -0.477 e. The van der Waals surface area contributed by atoms with Crippen molar-refractivity contribution in [2.75, 3.05) is 47.5 Å². The standard InChI is InChI=1S/C74H115NO8/c1-6-8-10-12-14-16-18-20-22-24-26-28-30-32-34-35-36-37-39-40-42-44-46-48-50-52-54-56-58-60-62-64-71(76)81-68-70(69-82-74(73(78)79)80-67-66-75(3,4)5)83-72(77)65-63-61-59-57-55-53-51-49-47-45-43-41-38-33-31-29-27-25-23-21-19-17-15-13-11-9-7-2/h8-11,14-17,20-23,26-29,32-34,36-38,40,42-43,45,49,51,55,57,70,74H,6-7,12-13,18-19,24-25,30-31,35,39,41,44,46-48,50,52-54,56,58-69H2,1-5H3/p+1/b10-8-,11-9-,16-14-,17-15-,22-20-,23-21-,28-26-,29-27-,34-32-,37-36-,38-33-,42-40-,45-43-,51-49-,57-55-. The molecular weight excluding hydrogens is 1030 g/mol. The Kier molecular flexibility index (Phi) is 58.2. The molecule has 2 unspecified atom stereocenters. The minimum atomic E-state index is -1.54. The van der Waals surface area contributed by atoms with Gasteiger partial charge in [0.2, 0.25) is 0 Å². The third-order valence-electron chi connectivity index (χ3n) is 12.7. The van der Waals surface area contributed by atoms with Crippen molar-refractivity contribution in [2.24, 2.45) is 0 Å². The van der Waals surface area contributed by atoms with Crippen LogP contribution >= 0.6 is 0 Å². The van der Waals surface area contributed by atoms with Gasteiger partial charge in [-0.2, -0.15) is 0 Å². The highest BCUT2D eigenvalue weighted by atomic mass is 16.7. The van der Waals surface area contributed by atoms with E-state index in [1.165, 1.54) is 32.1 Å². The molecular formula is C74H116NO8+. The Bertz CT molecular complexity index is 2010. The largest absolute Gasteiger partial charge is 0.477 e. The van der Waals surface area contributed by atoms with Crippen molar-refractivity contribution in [1.82, 2.24) is 0 Å². The maximum atomic E-state index is 12.9. The Morgan fingerprint density at radius 2 is 0.651 bits per heavy atom. The maximum Gasteiger partial charge on any atom is 0.361 e. The fourth-order valence-corrected chi connectivity index (χ4v) is 7.83. The van der Waals surface area contributed by atoms with Crippen LogP contribution in [0.5, 0.6) is 0 Å². The van der Waals surface area contributed by atoms with E-state index in [0.717, 1.165) is 141 Å². The summed E-state index contributed by atoms with van der Waals surface area (Å²) in [5, 5.41) is 9.73. The van der Waals surface area contributed by atoms with E-state index in [2.05, 4.69) is 196 Å². The lowest BCUT2D eigenvalue weighted by Gasteiger charge is -2.25. The van der Waals surface area contributed by atoms with Gasteiger partial charge in [-0.25, -0.2) is 4.79 Å². The molecule has 0 aliphatic heterocycles. The van der Waals surface area contributed by atoms with Crippen molar-refractivity contribution in [2.45, 2.75) is 219 Å². The van der Waals surface area contributed by atoms with Gasteiger partial charge in [-0.15, -0.1) is 0 Å². The second kappa shape index (κ2) is 62.4. The van der Waals surface area contributed by atoms with Crippen LogP contribution in [0.1, 0.15) is 206 Å². The van der Waals surface area contributed by atoms with Crippen molar-refractivity contribution < 1.29 is 42.9 Å². The van der Waals surface area contributed by atoms with Gasteiger partial charge in [0, 0.05) is 12.8 Å². The number of allylic oxidation sites excluding steroid dienone is 30. The molecule has 0 saturated heterocycles. The second-order valence-electron chi connectivity index (χ2n) is 21.6. The highest BCUT2D eigenvalue weighted by molar-refractivity contribution is 5.71. The molecule has 0 aromatic rings. The van der Waals surface area contributed by atoms with E-state index >= 15 is 0 Å². The summed E-state index contributed by atoms with van der Waals surface area (Å²) in [6.07, 6.45) is 92.7. The number of nitrogens with zero attached hydrogens (tertiary/aromatic N) is 1. The molecule has 0 bridgehead atoms. The van der Waals surface area contributed by atoms with E-state index in [-0.39, 0.29) is 38.6 Å². The fourth-order valence-electron chi connectivity index (χ4n) is 7.83. The lowest BCUT2D eigenvalue weighted by Crippen LogP contribution is -2.40. The van der Waals surface area contributed by atoms with Crippen molar-refractivity contribution in [3.05, 3.63) is 182 Å². The zero-order chi connectivity index (χ0) is 60.5. The molecule has 83 heavy (non-hydrogen) atoms. The normalized spacial score (nSPS) is 14.0. The molecule has 0 aliphatic carbocycles. The van der Waals surface area contributed by atoms with Crippen LogP contribution in [0, 0.1) is 0 Å². The van der Waals surface area contributed by atoms with Crippen molar-refractivity contribution in [1.29, 1.82) is 0 Å². The van der Waals surface area contributed by atoms with Gasteiger partial charge in [0.25, 0.3) is 6.29 Å². The van der Waals surface area contributed by atoms with Gasteiger partial charge < -0.3 is 28.5 Å². The third kappa shape index (κ3) is 63.8. The molecule has 0 fully saturated rings. The van der Waals surface area contributed by atoms with Crippen molar-refractivity contribution in [3.8, 4) is 0 Å². The first-order chi connectivity index (χ1) is 40.6. The predicted molar refractivity (Wildman–Crippen MR) is 354 cm³/mol. The predicted octanol–water partition coefficient (Wildman–Crippen LogP) is 19.7. The van der Waals surface area contributed by atoms with Crippen LogP contribution in [0.3, 0.4) is 0 Å².